The van der Waals surface area contributed by atoms with Gasteiger partial charge in [0.1, 0.15) is 12.4 Å². The van der Waals surface area contributed by atoms with E-state index in [4.69, 9.17) is 9.47 Å². The zero-order chi connectivity index (χ0) is 15.1. The van der Waals surface area contributed by atoms with E-state index in [1.165, 1.54) is 5.56 Å². The summed E-state index contributed by atoms with van der Waals surface area (Å²) in [5.74, 6) is 0.874. The van der Waals surface area contributed by atoms with Crippen molar-refractivity contribution in [1.29, 1.82) is 0 Å². The normalized spacial score (nSPS) is 19.2. The summed E-state index contributed by atoms with van der Waals surface area (Å²) in [6.07, 6.45) is 1.99. The lowest BCUT2D eigenvalue weighted by molar-refractivity contribution is -0.150. The van der Waals surface area contributed by atoms with Crippen molar-refractivity contribution >= 4 is 5.97 Å². The van der Waals surface area contributed by atoms with E-state index in [9.17, 15) is 4.79 Å². The lowest BCUT2D eigenvalue weighted by atomic mass is 9.98. The number of carbonyl (C=O) groups is 1. The minimum atomic E-state index is -0.0540. The first-order chi connectivity index (χ1) is 10.2. The predicted molar refractivity (Wildman–Crippen MR) is 82.5 cm³/mol. The van der Waals surface area contributed by atoms with E-state index in [2.05, 4.69) is 11.8 Å². The Bertz CT molecular complexity index is 444. The monoisotopic (exact) mass is 291 g/mol. The highest BCUT2D eigenvalue weighted by molar-refractivity contribution is 5.72. The molecular weight excluding hydrogens is 266 g/mol. The predicted octanol–water partition coefficient (Wildman–Crippen LogP) is 2.65. The van der Waals surface area contributed by atoms with Crippen molar-refractivity contribution in [2.75, 3.05) is 32.8 Å². The molecule has 1 saturated heterocycles. The number of carbonyl (C=O) groups excluding carboxylic acids is 1. The number of hydrogen-bond acceptors (Lipinski definition) is 4. The van der Waals surface area contributed by atoms with Gasteiger partial charge in [-0.1, -0.05) is 17.7 Å². The van der Waals surface area contributed by atoms with Crippen LogP contribution in [0, 0.1) is 12.8 Å². The SMILES string of the molecule is CCOC(=O)[C@@H]1CCCN(CCOc2ccc(C)cc2)C1. The highest BCUT2D eigenvalue weighted by atomic mass is 16.5. The molecule has 1 aliphatic heterocycles. The number of hydrogen-bond donors (Lipinski definition) is 0. The Kier molecular flexibility index (Phi) is 6.05. The van der Waals surface area contributed by atoms with Gasteiger partial charge in [0.05, 0.1) is 12.5 Å². The van der Waals surface area contributed by atoms with E-state index in [0.717, 1.165) is 38.2 Å². The van der Waals surface area contributed by atoms with Crippen LogP contribution in [0.4, 0.5) is 0 Å². The summed E-state index contributed by atoms with van der Waals surface area (Å²) in [5.41, 5.74) is 1.23. The molecule has 1 aliphatic rings. The van der Waals surface area contributed by atoms with Crippen LogP contribution < -0.4 is 4.74 Å². The molecular formula is C17H25NO3. The maximum Gasteiger partial charge on any atom is 0.310 e. The fourth-order valence-corrected chi connectivity index (χ4v) is 2.64. The highest BCUT2D eigenvalue weighted by Crippen LogP contribution is 2.18. The summed E-state index contributed by atoms with van der Waals surface area (Å²) in [4.78, 5) is 14.1. The summed E-state index contributed by atoms with van der Waals surface area (Å²) < 4.78 is 10.9. The molecule has 0 bridgehead atoms. The molecule has 0 amide bonds. The van der Waals surface area contributed by atoms with Crippen molar-refractivity contribution in [2.24, 2.45) is 5.92 Å². The number of nitrogens with zero attached hydrogens (tertiary/aromatic N) is 1. The van der Waals surface area contributed by atoms with Crippen LogP contribution in [0.25, 0.3) is 0 Å². The molecule has 0 aromatic heterocycles. The van der Waals surface area contributed by atoms with E-state index in [0.29, 0.717) is 13.2 Å². The van der Waals surface area contributed by atoms with Gasteiger partial charge in [0, 0.05) is 13.1 Å². The smallest absolute Gasteiger partial charge is 0.310 e. The first-order valence-electron chi connectivity index (χ1n) is 7.77. The van der Waals surface area contributed by atoms with Crippen LogP contribution in [0.5, 0.6) is 5.75 Å². The van der Waals surface area contributed by atoms with Crippen LogP contribution in [-0.4, -0.2) is 43.7 Å². The Morgan fingerprint density at radius 1 is 1.33 bits per heavy atom. The third-order valence-corrected chi connectivity index (χ3v) is 3.82. The van der Waals surface area contributed by atoms with Crippen LogP contribution in [0.3, 0.4) is 0 Å². The average Bonchev–Trinajstić information content (AvgIpc) is 2.50. The Morgan fingerprint density at radius 3 is 2.81 bits per heavy atom. The molecule has 1 aromatic carbocycles. The third kappa shape index (κ3) is 5.05. The molecule has 21 heavy (non-hydrogen) atoms. The minimum Gasteiger partial charge on any atom is -0.492 e. The van der Waals surface area contributed by atoms with Crippen molar-refractivity contribution in [3.05, 3.63) is 29.8 Å². The van der Waals surface area contributed by atoms with Crippen LogP contribution in [0.15, 0.2) is 24.3 Å². The lowest BCUT2D eigenvalue weighted by Gasteiger charge is -2.31. The van der Waals surface area contributed by atoms with Gasteiger partial charge >= 0.3 is 5.97 Å². The second-order valence-electron chi connectivity index (χ2n) is 5.55. The maximum absolute atomic E-state index is 11.8. The summed E-state index contributed by atoms with van der Waals surface area (Å²) in [6.45, 7) is 7.71. The van der Waals surface area contributed by atoms with Crippen LogP contribution in [-0.2, 0) is 9.53 Å². The van der Waals surface area contributed by atoms with Gasteiger partial charge in [-0.2, -0.15) is 0 Å². The van der Waals surface area contributed by atoms with Crippen molar-refractivity contribution in [3.63, 3.8) is 0 Å². The molecule has 0 spiro atoms. The molecule has 4 nitrogen and oxygen atoms in total. The lowest BCUT2D eigenvalue weighted by Crippen LogP contribution is -2.41. The van der Waals surface area contributed by atoms with E-state index >= 15 is 0 Å². The first-order valence-corrected chi connectivity index (χ1v) is 7.77. The number of rotatable bonds is 6. The molecule has 0 saturated carbocycles. The minimum absolute atomic E-state index is 0.0260. The van der Waals surface area contributed by atoms with Crippen molar-refractivity contribution in [3.8, 4) is 5.75 Å². The summed E-state index contributed by atoms with van der Waals surface area (Å²) in [5, 5.41) is 0. The van der Waals surface area contributed by atoms with Gasteiger partial charge in [0.2, 0.25) is 0 Å². The van der Waals surface area contributed by atoms with E-state index in [1.54, 1.807) is 0 Å². The molecule has 0 aliphatic carbocycles. The molecule has 1 atom stereocenters. The number of aryl methyl sites for hydroxylation is 1. The second kappa shape index (κ2) is 8.03. The van der Waals surface area contributed by atoms with Crippen molar-refractivity contribution in [2.45, 2.75) is 26.7 Å². The number of benzene rings is 1. The molecule has 116 valence electrons. The summed E-state index contributed by atoms with van der Waals surface area (Å²) >= 11 is 0. The van der Waals surface area contributed by atoms with Crippen LogP contribution >= 0.6 is 0 Å². The largest absolute Gasteiger partial charge is 0.492 e. The zero-order valence-corrected chi connectivity index (χ0v) is 13.0. The Hall–Kier alpha value is -1.55. The van der Waals surface area contributed by atoms with E-state index < -0.39 is 0 Å². The van der Waals surface area contributed by atoms with E-state index in [1.807, 2.05) is 31.2 Å². The second-order valence-corrected chi connectivity index (χ2v) is 5.55. The zero-order valence-electron chi connectivity index (χ0n) is 13.0. The maximum atomic E-state index is 11.8. The van der Waals surface area contributed by atoms with Crippen LogP contribution in [0.1, 0.15) is 25.3 Å². The number of esters is 1. The van der Waals surface area contributed by atoms with Gasteiger partial charge in [0.25, 0.3) is 0 Å². The fourth-order valence-electron chi connectivity index (χ4n) is 2.64. The van der Waals surface area contributed by atoms with Crippen LogP contribution in [0.2, 0.25) is 0 Å². The molecule has 4 heteroatoms. The quantitative estimate of drug-likeness (QED) is 0.755. The fraction of sp³-hybridized carbons (Fsp3) is 0.588. The molecule has 1 aromatic rings. The standard InChI is InChI=1S/C17H25NO3/c1-3-20-17(19)15-5-4-10-18(13-15)11-12-21-16-8-6-14(2)7-9-16/h6-9,15H,3-5,10-13H2,1-2H3/t15-/m1/s1. The highest BCUT2D eigenvalue weighted by Gasteiger charge is 2.26. The van der Waals surface area contributed by atoms with Gasteiger partial charge in [0.15, 0.2) is 0 Å². The number of ether oxygens (including phenoxy) is 2. The van der Waals surface area contributed by atoms with E-state index in [-0.39, 0.29) is 11.9 Å². The molecule has 0 unspecified atom stereocenters. The summed E-state index contributed by atoms with van der Waals surface area (Å²) in [6, 6.07) is 8.08. The van der Waals surface area contributed by atoms with Gasteiger partial charge in [-0.25, -0.2) is 0 Å². The molecule has 1 fully saturated rings. The molecule has 1 heterocycles. The van der Waals surface area contributed by atoms with Gasteiger partial charge < -0.3 is 9.47 Å². The Balaban J connectivity index is 1.72. The van der Waals surface area contributed by atoms with Gasteiger partial charge in [-0.3, -0.25) is 9.69 Å². The van der Waals surface area contributed by atoms with Crippen molar-refractivity contribution < 1.29 is 14.3 Å². The van der Waals surface area contributed by atoms with Crippen molar-refractivity contribution in [1.82, 2.24) is 4.90 Å². The molecule has 0 radical (unpaired) electrons. The van der Waals surface area contributed by atoms with Gasteiger partial charge in [-0.05, 0) is 45.4 Å². The molecule has 2 rings (SSSR count). The Labute approximate surface area is 127 Å². The number of likely N-dealkylation sites (tertiary alicyclic amines) is 1. The van der Waals surface area contributed by atoms with Gasteiger partial charge in [-0.15, -0.1) is 0 Å². The first kappa shape index (κ1) is 15.8. The summed E-state index contributed by atoms with van der Waals surface area (Å²) in [7, 11) is 0. The molecule has 0 N–H and O–H groups in total. The Morgan fingerprint density at radius 2 is 2.10 bits per heavy atom. The topological polar surface area (TPSA) is 38.8 Å². The third-order valence-electron chi connectivity index (χ3n) is 3.82. The number of piperidine rings is 1. The average molecular weight is 291 g/mol.